The van der Waals surface area contributed by atoms with E-state index in [1.165, 1.54) is 15.8 Å². The molecule has 4 atom stereocenters. The van der Waals surface area contributed by atoms with E-state index >= 15 is 0 Å². The van der Waals surface area contributed by atoms with E-state index in [1.807, 2.05) is 0 Å². The van der Waals surface area contributed by atoms with Gasteiger partial charge in [-0.25, -0.2) is 9.48 Å². The molecule has 3 aliphatic heterocycles. The fourth-order valence-corrected chi connectivity index (χ4v) is 5.16. The van der Waals surface area contributed by atoms with Gasteiger partial charge in [0.1, 0.15) is 12.1 Å². The molecule has 6 rings (SSSR count). The third kappa shape index (κ3) is 3.68. The van der Waals surface area contributed by atoms with Crippen molar-refractivity contribution in [2.45, 2.75) is 56.5 Å². The van der Waals surface area contributed by atoms with Crippen molar-refractivity contribution in [2.24, 2.45) is 0 Å². The van der Waals surface area contributed by atoms with Crippen LogP contribution in [0.4, 0.5) is 4.79 Å². The third-order valence-electron chi connectivity index (χ3n) is 6.90. The number of alkyl carbamates (subject to hydrolysis) is 1. The van der Waals surface area contributed by atoms with Crippen LogP contribution in [0.3, 0.4) is 0 Å². The van der Waals surface area contributed by atoms with Crippen molar-refractivity contribution in [2.75, 3.05) is 0 Å². The summed E-state index contributed by atoms with van der Waals surface area (Å²) >= 11 is 0. The van der Waals surface area contributed by atoms with E-state index in [0.29, 0.717) is 24.1 Å². The highest BCUT2D eigenvalue weighted by atomic mass is 16.6. The second kappa shape index (κ2) is 7.89. The van der Waals surface area contributed by atoms with Crippen molar-refractivity contribution in [3.05, 3.63) is 41.2 Å². The topological polar surface area (TPSA) is 165 Å². The average Bonchev–Trinajstić information content (AvgIpc) is 3.50. The summed E-state index contributed by atoms with van der Waals surface area (Å²) < 4.78 is 6.63. The first-order valence-corrected chi connectivity index (χ1v) is 11.3. The van der Waals surface area contributed by atoms with Gasteiger partial charge in [-0.05, 0) is 30.5 Å². The van der Waals surface area contributed by atoms with E-state index in [1.54, 1.807) is 18.2 Å². The number of carbonyl (C=O) groups excluding carboxylic acids is 5. The van der Waals surface area contributed by atoms with Gasteiger partial charge in [-0.3, -0.25) is 24.5 Å². The van der Waals surface area contributed by atoms with Gasteiger partial charge in [-0.2, -0.15) is 0 Å². The maximum absolute atomic E-state index is 13.0. The molecule has 2 aromatic rings. The zero-order valence-electron chi connectivity index (χ0n) is 18.4. The molecule has 180 valence electrons. The number of amides is 5. The first-order valence-electron chi connectivity index (χ1n) is 11.3. The molecule has 2 bridgehead atoms. The Morgan fingerprint density at radius 1 is 1.17 bits per heavy atom. The lowest BCUT2D eigenvalue weighted by Gasteiger charge is -2.29. The molecule has 13 nitrogen and oxygen atoms in total. The lowest BCUT2D eigenvalue weighted by atomic mass is 10.0. The molecule has 13 heteroatoms. The summed E-state index contributed by atoms with van der Waals surface area (Å²) in [5.41, 5.74) is 1.81. The summed E-state index contributed by atoms with van der Waals surface area (Å²) in [6.07, 6.45) is 2.30. The number of piperidine rings is 1. The Labute approximate surface area is 198 Å². The molecule has 3 fully saturated rings. The molecule has 0 radical (unpaired) electrons. The number of imide groups is 1. The van der Waals surface area contributed by atoms with Gasteiger partial charge in [0.05, 0.1) is 17.9 Å². The van der Waals surface area contributed by atoms with Gasteiger partial charge in [0.15, 0.2) is 5.69 Å². The Morgan fingerprint density at radius 2 is 2.03 bits per heavy atom. The fraction of sp³-hybridized carbons (Fsp3) is 0.409. The second-order valence-corrected chi connectivity index (χ2v) is 9.13. The molecule has 1 aliphatic carbocycles. The number of benzene rings is 1. The largest absolute Gasteiger partial charge is 0.444 e. The van der Waals surface area contributed by atoms with Crippen molar-refractivity contribution in [3.63, 3.8) is 0 Å². The minimum Gasteiger partial charge on any atom is -0.444 e. The van der Waals surface area contributed by atoms with Gasteiger partial charge in [0.25, 0.3) is 11.8 Å². The molecule has 5 amide bonds. The van der Waals surface area contributed by atoms with Gasteiger partial charge < -0.3 is 20.3 Å². The van der Waals surface area contributed by atoms with Crippen LogP contribution in [-0.2, 0) is 20.9 Å². The molecular formula is C22H21N7O6. The lowest BCUT2D eigenvalue weighted by molar-refractivity contribution is -0.136. The van der Waals surface area contributed by atoms with Crippen LogP contribution in [0.5, 0.6) is 0 Å². The number of aromatic nitrogens is 3. The average molecular weight is 479 g/mol. The van der Waals surface area contributed by atoms with Gasteiger partial charge in [0.2, 0.25) is 11.8 Å². The van der Waals surface area contributed by atoms with Crippen molar-refractivity contribution >= 4 is 29.7 Å². The molecule has 1 saturated carbocycles. The number of nitrogens with zero attached hydrogens (tertiary/aromatic N) is 4. The molecule has 35 heavy (non-hydrogen) atoms. The molecule has 4 aliphatic rings. The molecule has 0 spiro atoms. The number of hydrogen-bond acceptors (Lipinski definition) is 8. The minimum atomic E-state index is -0.692. The van der Waals surface area contributed by atoms with Crippen molar-refractivity contribution < 1.29 is 28.7 Å². The highest BCUT2D eigenvalue weighted by Gasteiger charge is 2.43. The van der Waals surface area contributed by atoms with E-state index in [9.17, 15) is 24.0 Å². The number of rotatable bonds is 4. The zero-order chi connectivity index (χ0) is 24.3. The molecule has 1 aromatic carbocycles. The number of carbonyl (C=O) groups is 5. The van der Waals surface area contributed by atoms with Crippen molar-refractivity contribution in [1.29, 1.82) is 0 Å². The van der Waals surface area contributed by atoms with Crippen LogP contribution in [-0.4, -0.2) is 73.8 Å². The Morgan fingerprint density at radius 3 is 2.86 bits per heavy atom. The quantitative estimate of drug-likeness (QED) is 0.489. The van der Waals surface area contributed by atoms with E-state index in [4.69, 9.17) is 4.74 Å². The summed E-state index contributed by atoms with van der Waals surface area (Å²) in [7, 11) is 0. The maximum Gasteiger partial charge on any atom is 0.407 e. The van der Waals surface area contributed by atoms with Crippen LogP contribution in [0.2, 0.25) is 0 Å². The van der Waals surface area contributed by atoms with Crippen LogP contribution < -0.4 is 16.0 Å². The molecular weight excluding hydrogens is 458 g/mol. The van der Waals surface area contributed by atoms with Crippen molar-refractivity contribution in [1.82, 2.24) is 35.8 Å². The Balaban J connectivity index is 1.16. The van der Waals surface area contributed by atoms with Gasteiger partial charge in [-0.1, -0.05) is 11.3 Å². The zero-order valence-corrected chi connectivity index (χ0v) is 18.4. The first-order chi connectivity index (χ1) is 16.9. The fourth-order valence-electron chi connectivity index (χ4n) is 5.16. The predicted molar refractivity (Wildman–Crippen MR) is 115 cm³/mol. The minimum absolute atomic E-state index is 0.0223. The van der Waals surface area contributed by atoms with Crippen LogP contribution in [0.15, 0.2) is 24.4 Å². The molecule has 4 heterocycles. The van der Waals surface area contributed by atoms with E-state index < -0.39 is 23.9 Å². The lowest BCUT2D eigenvalue weighted by Crippen LogP contribution is -2.52. The van der Waals surface area contributed by atoms with E-state index in [0.717, 1.165) is 5.56 Å². The van der Waals surface area contributed by atoms with Crippen molar-refractivity contribution in [3.8, 4) is 5.69 Å². The highest BCUT2D eigenvalue weighted by Crippen LogP contribution is 2.29. The number of hydrogen-bond donors (Lipinski definition) is 3. The van der Waals surface area contributed by atoms with Crippen LogP contribution >= 0.6 is 0 Å². The second-order valence-electron chi connectivity index (χ2n) is 9.13. The van der Waals surface area contributed by atoms with Crippen LogP contribution in [0.1, 0.15) is 52.1 Å². The molecule has 3 N–H and O–H groups in total. The summed E-state index contributed by atoms with van der Waals surface area (Å²) in [5, 5.41) is 15.8. The number of fused-ring (bicyclic) bond motifs is 3. The normalized spacial score (nSPS) is 27.3. The number of nitrogens with one attached hydrogen (secondary N) is 3. The Hall–Kier alpha value is -4.29. The summed E-state index contributed by atoms with van der Waals surface area (Å²) in [6, 6.07) is 4.14. The summed E-state index contributed by atoms with van der Waals surface area (Å²) in [4.78, 5) is 62.4. The van der Waals surface area contributed by atoms with Crippen LogP contribution in [0.25, 0.3) is 5.69 Å². The highest BCUT2D eigenvalue weighted by molar-refractivity contribution is 6.05. The van der Waals surface area contributed by atoms with E-state index in [2.05, 4.69) is 26.3 Å². The summed E-state index contributed by atoms with van der Waals surface area (Å²) in [6.45, 7) is 0.273. The molecule has 1 unspecified atom stereocenters. The predicted octanol–water partition coefficient (Wildman–Crippen LogP) is -0.602. The Kier molecular flexibility index (Phi) is 4.79. The Bertz CT molecular complexity index is 1290. The van der Waals surface area contributed by atoms with Crippen LogP contribution in [0, 0.1) is 0 Å². The van der Waals surface area contributed by atoms with Gasteiger partial charge in [-0.15, -0.1) is 5.10 Å². The first kappa shape index (κ1) is 21.3. The van der Waals surface area contributed by atoms with Gasteiger partial charge in [0, 0.05) is 31.0 Å². The SMILES string of the molecule is O=C1CCC(N2Cc3ccc(-n4cc(C(=O)N[C@@H]5C[C@@H]6C[C@H]5OC(=O)N6)nn4)cc3C2=O)C(=O)N1. The maximum atomic E-state index is 13.0. The number of ether oxygens (including phenoxy) is 1. The smallest absolute Gasteiger partial charge is 0.407 e. The monoisotopic (exact) mass is 479 g/mol. The van der Waals surface area contributed by atoms with Gasteiger partial charge >= 0.3 is 6.09 Å². The molecule has 1 aromatic heterocycles. The summed E-state index contributed by atoms with van der Waals surface area (Å²) in [5.74, 6) is -1.54. The third-order valence-corrected chi connectivity index (χ3v) is 6.90. The van der Waals surface area contributed by atoms with E-state index in [-0.39, 0.29) is 55.1 Å². The standard InChI is InChI=1S/C22H21N7O6/c30-18-4-3-16(20(32)25-18)28-8-10-1-2-12(7-13(10)21(28)33)29-9-15(26-27-29)19(31)24-14-5-11-6-17(14)35-22(34)23-11/h1-2,7,9,11,14,16-17H,3-6,8H2,(H,23,34)(H,24,31)(H,25,30,32)/t11-,14-,16?,17-/m1/s1. The molecule has 2 saturated heterocycles.